The predicted molar refractivity (Wildman–Crippen MR) is 122 cm³/mol. The van der Waals surface area contributed by atoms with Crippen molar-refractivity contribution in [3.63, 3.8) is 0 Å². The van der Waals surface area contributed by atoms with Gasteiger partial charge >= 0.3 is 0 Å². The molecular weight excluding hydrogens is 420 g/mol. The molecule has 1 fully saturated rings. The molecule has 1 aromatic heterocycles. The zero-order valence-corrected chi connectivity index (χ0v) is 18.2. The summed E-state index contributed by atoms with van der Waals surface area (Å²) >= 11 is 0. The van der Waals surface area contributed by atoms with Crippen molar-refractivity contribution in [1.29, 1.82) is 0 Å². The van der Waals surface area contributed by atoms with E-state index < -0.39 is 9.84 Å². The summed E-state index contributed by atoms with van der Waals surface area (Å²) in [6.07, 6.45) is 0. The minimum atomic E-state index is -3.75. The number of nitrogens with one attached hydrogen (secondary N) is 1. The lowest BCUT2D eigenvalue weighted by Crippen LogP contribution is -2.44. The van der Waals surface area contributed by atoms with Crippen LogP contribution in [0.2, 0.25) is 0 Å². The molecule has 8 heteroatoms. The Morgan fingerprint density at radius 2 is 1.53 bits per heavy atom. The largest absolute Gasteiger partial charge is 0.367 e. The first-order chi connectivity index (χ1) is 14.1. The number of hydrogen-bond acceptors (Lipinski definition) is 5. The number of para-hydroxylation sites is 1. The third-order valence-corrected chi connectivity index (χ3v) is 7.46. The molecule has 0 amide bonds. The maximum Gasteiger partial charge on any atom is 0.224 e. The van der Waals surface area contributed by atoms with E-state index in [9.17, 15) is 8.42 Å². The molecule has 1 aliphatic rings. The highest BCUT2D eigenvalue weighted by atomic mass is 35.5. The Kier molecular flexibility index (Phi) is 5.44. The van der Waals surface area contributed by atoms with Gasteiger partial charge < -0.3 is 9.80 Å². The van der Waals surface area contributed by atoms with Crippen LogP contribution in [-0.4, -0.2) is 56.7 Å². The molecule has 0 atom stereocenters. The van der Waals surface area contributed by atoms with Crippen molar-refractivity contribution in [3.8, 4) is 0 Å². The number of fused-ring (bicyclic) bond motifs is 2. The topological polar surface area (TPSA) is 69.3 Å². The van der Waals surface area contributed by atoms with Crippen LogP contribution < -0.4 is 4.90 Å². The number of likely N-dealkylation sites (N-methyl/N-ethyl adjacent to an activating group) is 1. The Hall–Kier alpha value is -2.61. The smallest absolute Gasteiger partial charge is 0.224 e. The highest BCUT2D eigenvalue weighted by Crippen LogP contribution is 2.34. The molecule has 5 rings (SSSR count). The first-order valence-corrected chi connectivity index (χ1v) is 11.2. The summed E-state index contributed by atoms with van der Waals surface area (Å²) in [6.45, 7) is 3.74. The molecule has 6 nitrogen and oxygen atoms in total. The SMILES string of the molecule is CN1CCN(c2cccc3c(S(=O)(=O)c4cccc5ccccc45)[nH]nc23)CC1.Cl. The minimum absolute atomic E-state index is 0. The zero-order chi connectivity index (χ0) is 20.0. The zero-order valence-electron chi connectivity index (χ0n) is 16.6. The van der Waals surface area contributed by atoms with Gasteiger partial charge in [-0.15, -0.1) is 12.4 Å². The van der Waals surface area contributed by atoms with Crippen molar-refractivity contribution < 1.29 is 8.42 Å². The fraction of sp³-hybridized carbons (Fsp3) is 0.227. The van der Waals surface area contributed by atoms with Gasteiger partial charge in [-0.3, -0.25) is 5.10 Å². The summed E-state index contributed by atoms with van der Waals surface area (Å²) < 4.78 is 27.1. The van der Waals surface area contributed by atoms with E-state index in [-0.39, 0.29) is 17.4 Å². The number of hydrogen-bond donors (Lipinski definition) is 1. The molecule has 4 aromatic rings. The fourth-order valence-corrected chi connectivity index (χ4v) is 5.62. The quantitative estimate of drug-likeness (QED) is 0.523. The molecule has 156 valence electrons. The predicted octanol–water partition coefficient (Wildman–Crippen LogP) is 3.72. The lowest BCUT2D eigenvalue weighted by Gasteiger charge is -2.34. The molecule has 1 saturated heterocycles. The number of sulfone groups is 1. The summed E-state index contributed by atoms with van der Waals surface area (Å²) in [7, 11) is -1.64. The third-order valence-electron chi connectivity index (χ3n) is 5.68. The number of nitrogens with zero attached hydrogens (tertiary/aromatic N) is 3. The van der Waals surface area contributed by atoms with Crippen molar-refractivity contribution in [3.05, 3.63) is 60.7 Å². The standard InChI is InChI=1S/C22H22N4O2S.ClH/c1-25-12-14-26(15-13-25)19-10-5-9-18-21(19)23-24-22(18)29(27,28)20-11-4-7-16-6-2-3-8-17(16)20;/h2-11H,12-15H2,1H3,(H,23,24);1H. The summed E-state index contributed by atoms with van der Waals surface area (Å²) in [5.74, 6) is 0. The van der Waals surface area contributed by atoms with Gasteiger partial charge in [-0.2, -0.15) is 5.10 Å². The van der Waals surface area contributed by atoms with E-state index in [1.165, 1.54) is 0 Å². The molecule has 0 radical (unpaired) electrons. The molecule has 0 spiro atoms. The molecule has 0 saturated carbocycles. The Labute approximate surface area is 181 Å². The van der Waals surface area contributed by atoms with Crippen molar-refractivity contribution in [2.45, 2.75) is 9.92 Å². The molecular formula is C22H23ClN4O2S. The first-order valence-electron chi connectivity index (χ1n) is 9.69. The van der Waals surface area contributed by atoms with E-state index in [2.05, 4.69) is 27.0 Å². The summed E-state index contributed by atoms with van der Waals surface area (Å²) in [6, 6.07) is 18.7. The van der Waals surface area contributed by atoms with Crippen molar-refractivity contribution >= 4 is 49.6 Å². The highest BCUT2D eigenvalue weighted by molar-refractivity contribution is 7.91. The Morgan fingerprint density at radius 1 is 0.867 bits per heavy atom. The van der Waals surface area contributed by atoms with Gasteiger partial charge in [-0.1, -0.05) is 42.5 Å². The van der Waals surface area contributed by atoms with Crippen LogP contribution in [0.4, 0.5) is 5.69 Å². The average molecular weight is 443 g/mol. The number of anilines is 1. The van der Waals surface area contributed by atoms with Crippen LogP contribution in [0.5, 0.6) is 0 Å². The second-order valence-corrected chi connectivity index (χ2v) is 9.35. The van der Waals surface area contributed by atoms with Crippen LogP contribution in [0.1, 0.15) is 0 Å². The molecule has 2 heterocycles. The summed E-state index contributed by atoms with van der Waals surface area (Å²) in [4.78, 5) is 4.86. The Balaban J connectivity index is 0.00000218. The molecule has 1 N–H and O–H groups in total. The van der Waals surface area contributed by atoms with E-state index in [1.807, 2.05) is 48.5 Å². The molecule has 1 aliphatic heterocycles. The number of aromatic amines is 1. The molecule has 30 heavy (non-hydrogen) atoms. The van der Waals surface area contributed by atoms with Crippen LogP contribution >= 0.6 is 12.4 Å². The number of rotatable bonds is 3. The van der Waals surface area contributed by atoms with E-state index in [4.69, 9.17) is 0 Å². The van der Waals surface area contributed by atoms with Crippen molar-refractivity contribution in [2.75, 3.05) is 38.1 Å². The Morgan fingerprint density at radius 3 is 2.33 bits per heavy atom. The fourth-order valence-electron chi connectivity index (χ4n) is 4.05. The number of halogens is 1. The highest BCUT2D eigenvalue weighted by Gasteiger charge is 2.27. The molecule has 3 aromatic carbocycles. The van der Waals surface area contributed by atoms with Gasteiger partial charge in [0.25, 0.3) is 0 Å². The second-order valence-electron chi connectivity index (χ2n) is 7.50. The van der Waals surface area contributed by atoms with Gasteiger partial charge in [0.2, 0.25) is 9.84 Å². The van der Waals surface area contributed by atoms with E-state index in [0.717, 1.165) is 37.3 Å². The normalized spacial score (nSPS) is 15.4. The average Bonchev–Trinajstić information content (AvgIpc) is 3.19. The van der Waals surface area contributed by atoms with Gasteiger partial charge in [0.15, 0.2) is 5.03 Å². The second kappa shape index (κ2) is 7.91. The van der Waals surface area contributed by atoms with Crippen molar-refractivity contribution in [2.24, 2.45) is 0 Å². The van der Waals surface area contributed by atoms with Gasteiger partial charge in [-0.25, -0.2) is 8.42 Å². The lowest BCUT2D eigenvalue weighted by atomic mass is 10.1. The third kappa shape index (κ3) is 3.33. The summed E-state index contributed by atoms with van der Waals surface area (Å²) in [5, 5.41) is 9.66. The lowest BCUT2D eigenvalue weighted by molar-refractivity contribution is 0.313. The first kappa shape index (κ1) is 20.7. The summed E-state index contributed by atoms with van der Waals surface area (Å²) in [5.41, 5.74) is 1.68. The number of H-pyrrole nitrogens is 1. The molecule has 0 unspecified atom stereocenters. The van der Waals surface area contributed by atoms with Crippen LogP contribution in [0.25, 0.3) is 21.7 Å². The van der Waals surface area contributed by atoms with E-state index in [1.54, 1.807) is 12.1 Å². The van der Waals surface area contributed by atoms with Crippen LogP contribution in [-0.2, 0) is 9.84 Å². The van der Waals surface area contributed by atoms with E-state index >= 15 is 0 Å². The van der Waals surface area contributed by atoms with E-state index in [0.29, 0.717) is 21.2 Å². The number of piperazine rings is 1. The van der Waals surface area contributed by atoms with Gasteiger partial charge in [0.1, 0.15) is 5.52 Å². The van der Waals surface area contributed by atoms with Crippen LogP contribution in [0.3, 0.4) is 0 Å². The van der Waals surface area contributed by atoms with Gasteiger partial charge in [0.05, 0.1) is 10.6 Å². The van der Waals surface area contributed by atoms with Crippen LogP contribution in [0.15, 0.2) is 70.6 Å². The van der Waals surface area contributed by atoms with Gasteiger partial charge in [-0.05, 0) is 30.6 Å². The van der Waals surface area contributed by atoms with Gasteiger partial charge in [0, 0.05) is 37.0 Å². The molecule has 0 bridgehead atoms. The minimum Gasteiger partial charge on any atom is -0.367 e. The van der Waals surface area contributed by atoms with Crippen LogP contribution in [0, 0.1) is 0 Å². The maximum atomic E-state index is 13.6. The number of benzene rings is 3. The monoisotopic (exact) mass is 442 g/mol. The maximum absolute atomic E-state index is 13.6. The Bertz CT molecular complexity index is 1310. The van der Waals surface area contributed by atoms with Crippen molar-refractivity contribution in [1.82, 2.24) is 15.1 Å². The molecule has 0 aliphatic carbocycles. The number of aromatic nitrogens is 2.